The van der Waals surface area contributed by atoms with E-state index in [1.807, 2.05) is 49.7 Å². The lowest BCUT2D eigenvalue weighted by molar-refractivity contribution is -0.123. The van der Waals surface area contributed by atoms with Crippen LogP contribution in [0.3, 0.4) is 0 Å². The zero-order chi connectivity index (χ0) is 30.9. The third-order valence-electron chi connectivity index (χ3n) is 6.97. The number of benzene rings is 2. The molecule has 2 aliphatic rings. The number of halogens is 1. The van der Waals surface area contributed by atoms with Gasteiger partial charge in [0.15, 0.2) is 5.78 Å². The molecule has 2 aliphatic heterocycles. The highest BCUT2D eigenvalue weighted by Gasteiger charge is 2.45. The number of nitrogens with one attached hydrogen (secondary N) is 1. The van der Waals surface area contributed by atoms with Crippen LogP contribution in [0.25, 0.3) is 0 Å². The summed E-state index contributed by atoms with van der Waals surface area (Å²) in [5, 5.41) is 7.26. The molecule has 0 radical (unpaired) electrons. The molecular weight excluding hydrogens is 590 g/mol. The number of carbonyl (C=O) groups is 4. The van der Waals surface area contributed by atoms with Crippen molar-refractivity contribution in [1.82, 2.24) is 15.1 Å². The number of ether oxygens (including phenoxy) is 1. The Hall–Kier alpha value is -4.22. The fraction of sp³-hybridized carbons (Fsp3) is 0.323. The van der Waals surface area contributed by atoms with Crippen LogP contribution >= 0.6 is 22.9 Å². The molecule has 0 saturated carbocycles. The zero-order valence-corrected chi connectivity index (χ0v) is 25.6. The number of aliphatic imine (C=N–C) groups is 1. The van der Waals surface area contributed by atoms with Gasteiger partial charge in [-0.25, -0.2) is 4.79 Å². The predicted molar refractivity (Wildman–Crippen MR) is 165 cm³/mol. The van der Waals surface area contributed by atoms with Crippen LogP contribution in [0.4, 0.5) is 4.79 Å². The summed E-state index contributed by atoms with van der Waals surface area (Å²) < 4.78 is 6.33. The molecule has 0 bridgehead atoms. The summed E-state index contributed by atoms with van der Waals surface area (Å²) in [6, 6.07) is 12.7. The lowest BCUT2D eigenvalue weighted by atomic mass is 9.95. The van der Waals surface area contributed by atoms with E-state index in [9.17, 15) is 19.2 Å². The molecule has 43 heavy (non-hydrogen) atoms. The first kappa shape index (κ1) is 30.2. The Kier molecular flexibility index (Phi) is 8.57. The highest BCUT2D eigenvalue weighted by Crippen LogP contribution is 2.46. The number of ketones is 1. The average molecular weight is 622 g/mol. The molecule has 0 spiro atoms. The number of hydrogen-bond acceptors (Lipinski definition) is 7. The Morgan fingerprint density at radius 3 is 2.49 bits per heavy atom. The Bertz CT molecular complexity index is 1580. The minimum absolute atomic E-state index is 0.0868. The lowest BCUT2D eigenvalue weighted by Gasteiger charge is -2.35. The maximum atomic E-state index is 14.4. The van der Waals surface area contributed by atoms with Crippen LogP contribution in [-0.4, -0.2) is 64.5 Å². The first-order valence-corrected chi connectivity index (χ1v) is 15.1. The van der Waals surface area contributed by atoms with E-state index >= 15 is 0 Å². The van der Waals surface area contributed by atoms with Gasteiger partial charge in [-0.3, -0.25) is 24.3 Å². The van der Waals surface area contributed by atoms with Crippen LogP contribution in [-0.2, 0) is 9.59 Å². The van der Waals surface area contributed by atoms with E-state index in [1.165, 1.54) is 16.2 Å². The van der Waals surface area contributed by atoms with Crippen LogP contribution in [0, 0.1) is 0 Å². The maximum absolute atomic E-state index is 14.4. The molecule has 0 unspecified atom stereocenters. The molecule has 224 valence electrons. The van der Waals surface area contributed by atoms with Crippen molar-refractivity contribution < 1.29 is 23.9 Å². The second-order valence-electron chi connectivity index (χ2n) is 11.4. The quantitative estimate of drug-likeness (QED) is 0.290. The van der Waals surface area contributed by atoms with E-state index in [1.54, 1.807) is 35.2 Å². The van der Waals surface area contributed by atoms with Crippen molar-refractivity contribution in [3.05, 3.63) is 86.6 Å². The second-order valence-corrected chi connectivity index (χ2v) is 12.6. The zero-order valence-electron chi connectivity index (χ0n) is 24.0. The van der Waals surface area contributed by atoms with Gasteiger partial charge in [-0.2, -0.15) is 11.3 Å². The Balaban J connectivity index is 1.69. The van der Waals surface area contributed by atoms with Gasteiger partial charge < -0.3 is 20.7 Å². The number of amidine groups is 1. The van der Waals surface area contributed by atoms with Crippen molar-refractivity contribution in [2.24, 2.45) is 10.7 Å². The summed E-state index contributed by atoms with van der Waals surface area (Å²) in [5.41, 5.74) is 7.05. The largest absolute Gasteiger partial charge is 0.487 e. The van der Waals surface area contributed by atoms with Crippen molar-refractivity contribution >= 4 is 52.4 Å². The summed E-state index contributed by atoms with van der Waals surface area (Å²) in [5.74, 6) is -0.780. The number of primary amides is 1. The van der Waals surface area contributed by atoms with Crippen LogP contribution in [0.15, 0.2) is 64.3 Å². The van der Waals surface area contributed by atoms with Crippen molar-refractivity contribution in [2.75, 3.05) is 19.6 Å². The molecule has 4 amide bonds. The molecule has 1 aromatic heterocycles. The number of Topliss-reactive ketones (excluding diaryl/α,β-unsaturated/α-hetero) is 1. The van der Waals surface area contributed by atoms with Crippen molar-refractivity contribution in [3.63, 3.8) is 0 Å². The van der Waals surface area contributed by atoms with E-state index in [0.29, 0.717) is 35.3 Å². The van der Waals surface area contributed by atoms with Crippen molar-refractivity contribution in [1.29, 1.82) is 0 Å². The molecule has 3 N–H and O–H groups in total. The van der Waals surface area contributed by atoms with Crippen LogP contribution < -0.4 is 15.8 Å². The fourth-order valence-electron chi connectivity index (χ4n) is 5.15. The molecule has 3 heterocycles. The molecule has 12 heteroatoms. The minimum atomic E-state index is -0.737. The van der Waals surface area contributed by atoms with Gasteiger partial charge in [0.05, 0.1) is 18.0 Å². The fourth-order valence-corrected chi connectivity index (χ4v) is 5.96. The van der Waals surface area contributed by atoms with Crippen LogP contribution in [0.1, 0.15) is 66.3 Å². The summed E-state index contributed by atoms with van der Waals surface area (Å²) in [6.45, 7) is 6.18. The maximum Gasteiger partial charge on any atom is 0.326 e. The van der Waals surface area contributed by atoms with Gasteiger partial charge in [-0.05, 0) is 73.0 Å². The van der Waals surface area contributed by atoms with E-state index in [-0.39, 0.29) is 24.0 Å². The van der Waals surface area contributed by atoms with Crippen LogP contribution in [0.2, 0.25) is 5.02 Å². The van der Waals surface area contributed by atoms with Gasteiger partial charge in [0.2, 0.25) is 11.8 Å². The normalized spacial score (nSPS) is 18.7. The van der Waals surface area contributed by atoms with E-state index in [0.717, 1.165) is 11.1 Å². The van der Waals surface area contributed by atoms with Crippen molar-refractivity contribution in [3.8, 4) is 5.75 Å². The molecular formula is C31H32ClN5O5S. The molecule has 0 aliphatic carbocycles. The molecule has 2 aromatic carbocycles. The predicted octanol–water partition coefficient (Wildman–Crippen LogP) is 4.73. The number of hydrogen-bond donors (Lipinski definition) is 2. The molecule has 2 atom stereocenters. The highest BCUT2D eigenvalue weighted by atomic mass is 35.5. The van der Waals surface area contributed by atoms with E-state index in [2.05, 4.69) is 5.32 Å². The van der Waals surface area contributed by atoms with Gasteiger partial charge in [0.25, 0.3) is 0 Å². The minimum Gasteiger partial charge on any atom is -0.487 e. The summed E-state index contributed by atoms with van der Waals surface area (Å²) in [7, 11) is 0. The first-order valence-electron chi connectivity index (χ1n) is 13.8. The Labute approximate surface area is 258 Å². The number of nitrogens with two attached hydrogens (primary N) is 1. The third kappa shape index (κ3) is 6.73. The smallest absolute Gasteiger partial charge is 0.326 e. The van der Waals surface area contributed by atoms with Crippen LogP contribution in [0.5, 0.6) is 5.75 Å². The molecule has 3 aromatic rings. The summed E-state index contributed by atoms with van der Waals surface area (Å²) >= 11 is 7.72. The Morgan fingerprint density at radius 1 is 1.12 bits per heavy atom. The summed E-state index contributed by atoms with van der Waals surface area (Å²) in [4.78, 5) is 59.2. The summed E-state index contributed by atoms with van der Waals surface area (Å²) in [6.07, 6.45) is -0.449. The van der Waals surface area contributed by atoms with E-state index < -0.39 is 35.8 Å². The van der Waals surface area contributed by atoms with Gasteiger partial charge in [0, 0.05) is 23.7 Å². The number of carbonyl (C=O) groups excluding carboxylic acids is 4. The van der Waals surface area contributed by atoms with Gasteiger partial charge in [0.1, 0.15) is 29.8 Å². The first-order chi connectivity index (χ1) is 20.4. The standard InChI is InChI=1S/C31H32ClN5O5S/c1-31(2,3)42-24-14-19(23(38)15-25(33)39)6-9-22(24)29-35-27(18-4-7-21(32)8-5-18)28(20-10-13-43-17-20)37(29)30(41)36-12-11-34-26(40)16-36/h4-10,13-14,17,27-28H,11-12,15-16H2,1-3H3,(H2,33,39)(H,34,40)/t27-,28+/m0/s1. The molecule has 5 rings (SSSR count). The molecule has 10 nitrogen and oxygen atoms in total. The average Bonchev–Trinajstić information content (AvgIpc) is 3.60. The number of piperazine rings is 1. The molecule has 1 saturated heterocycles. The third-order valence-corrected chi connectivity index (χ3v) is 7.93. The number of amides is 4. The van der Waals surface area contributed by atoms with Gasteiger partial charge >= 0.3 is 6.03 Å². The van der Waals surface area contributed by atoms with E-state index in [4.69, 9.17) is 27.1 Å². The van der Waals surface area contributed by atoms with Crippen molar-refractivity contribution in [2.45, 2.75) is 44.9 Å². The van der Waals surface area contributed by atoms with Gasteiger partial charge in [-0.1, -0.05) is 29.8 Å². The number of urea groups is 1. The Morgan fingerprint density at radius 2 is 1.86 bits per heavy atom. The monoisotopic (exact) mass is 621 g/mol. The van der Waals surface area contributed by atoms with Gasteiger partial charge in [-0.15, -0.1) is 0 Å². The number of nitrogens with zero attached hydrogens (tertiary/aromatic N) is 3. The lowest BCUT2D eigenvalue weighted by Crippen LogP contribution is -2.55. The molecule has 1 fully saturated rings. The second kappa shape index (κ2) is 12.2. The number of thiophene rings is 1. The highest BCUT2D eigenvalue weighted by molar-refractivity contribution is 7.08. The topological polar surface area (TPSA) is 134 Å². The number of rotatable bonds is 7. The SMILES string of the molecule is CC(C)(C)Oc1cc(C(=O)CC(N)=O)ccc1C1=N[C@@H](c2ccc(Cl)cc2)[C@@H](c2ccsc2)N1C(=O)N1CCNC(=O)C1.